The number of hydrogen-bond acceptors (Lipinski definition) is 8. The summed E-state index contributed by atoms with van der Waals surface area (Å²) in [6, 6.07) is 7.42. The van der Waals surface area contributed by atoms with E-state index >= 15 is 0 Å². The molecule has 1 aromatic carbocycles. The fourth-order valence-electron chi connectivity index (χ4n) is 5.38. The summed E-state index contributed by atoms with van der Waals surface area (Å²) in [4.78, 5) is 77.9. The predicted molar refractivity (Wildman–Crippen MR) is 156 cm³/mol. The van der Waals surface area contributed by atoms with Crippen LogP contribution in [-0.2, 0) is 40.1 Å². The first-order valence-electron chi connectivity index (χ1n) is 14.8. The van der Waals surface area contributed by atoms with Gasteiger partial charge in [0, 0.05) is 31.7 Å². The van der Waals surface area contributed by atoms with E-state index < -0.39 is 36.0 Å². The molecule has 1 aliphatic rings. The van der Waals surface area contributed by atoms with E-state index in [1.54, 1.807) is 17.0 Å². The summed E-state index contributed by atoms with van der Waals surface area (Å²) < 4.78 is 10.2. The molecular weight excluding hydrogens is 540 g/mol. The number of Topliss-reactive ketones (excluding diaryl/α,β-unsaturated/α-hetero) is 2. The topological polar surface area (TPSA) is 136 Å². The molecule has 0 spiro atoms. The van der Waals surface area contributed by atoms with Crippen molar-refractivity contribution in [1.82, 2.24) is 10.2 Å². The monoisotopic (exact) mass is 586 g/mol. The Balaban J connectivity index is 2.10. The maximum Gasteiger partial charge on any atom is 0.408 e. The first kappa shape index (κ1) is 34.6. The highest BCUT2D eigenvalue weighted by molar-refractivity contribution is 5.95. The predicted octanol–water partition coefficient (Wildman–Crippen LogP) is 4.28. The molecule has 1 N–H and O–H groups in total. The lowest BCUT2D eigenvalue weighted by Crippen LogP contribution is -2.47. The lowest BCUT2D eigenvalue weighted by Gasteiger charge is -2.31. The highest BCUT2D eigenvalue weighted by Crippen LogP contribution is 2.29. The van der Waals surface area contributed by atoms with Crippen molar-refractivity contribution in [3.05, 3.63) is 35.9 Å². The zero-order valence-corrected chi connectivity index (χ0v) is 25.5. The number of carbonyl (C=O) groups is 6. The van der Waals surface area contributed by atoms with Crippen molar-refractivity contribution in [3.63, 3.8) is 0 Å². The number of aldehydes is 1. The van der Waals surface area contributed by atoms with Gasteiger partial charge in [0.25, 0.3) is 0 Å². The molecule has 232 valence electrons. The Hall–Kier alpha value is -3.56. The van der Waals surface area contributed by atoms with Gasteiger partial charge in [0.2, 0.25) is 5.91 Å². The van der Waals surface area contributed by atoms with Gasteiger partial charge in [0.1, 0.15) is 12.9 Å². The van der Waals surface area contributed by atoms with Gasteiger partial charge in [-0.3, -0.25) is 19.2 Å². The van der Waals surface area contributed by atoms with Crippen molar-refractivity contribution >= 4 is 35.8 Å². The van der Waals surface area contributed by atoms with Crippen molar-refractivity contribution in [2.45, 2.75) is 91.3 Å². The van der Waals surface area contributed by atoms with Gasteiger partial charge in [-0.2, -0.15) is 0 Å². The Bertz CT molecular complexity index is 1070. The van der Waals surface area contributed by atoms with Crippen molar-refractivity contribution in [2.24, 2.45) is 23.7 Å². The van der Waals surface area contributed by atoms with Gasteiger partial charge in [-0.25, -0.2) is 4.79 Å². The fourth-order valence-corrected chi connectivity index (χ4v) is 5.38. The van der Waals surface area contributed by atoms with E-state index in [9.17, 15) is 28.8 Å². The Kier molecular flexibility index (Phi) is 14.4. The normalized spacial score (nSPS) is 16.9. The highest BCUT2D eigenvalue weighted by Gasteiger charge is 2.40. The van der Waals surface area contributed by atoms with Crippen LogP contribution in [0.5, 0.6) is 0 Å². The lowest BCUT2D eigenvalue weighted by atomic mass is 9.86. The van der Waals surface area contributed by atoms with Crippen molar-refractivity contribution in [1.29, 1.82) is 0 Å². The quantitative estimate of drug-likeness (QED) is 0.211. The Morgan fingerprint density at radius 1 is 1.05 bits per heavy atom. The minimum Gasteiger partial charge on any atom is -0.469 e. The van der Waals surface area contributed by atoms with E-state index in [0.29, 0.717) is 32.1 Å². The van der Waals surface area contributed by atoms with Gasteiger partial charge in [0.05, 0.1) is 25.1 Å². The molecule has 1 heterocycles. The molecule has 4 atom stereocenters. The average Bonchev–Trinajstić information content (AvgIpc) is 3.46. The third-order valence-electron chi connectivity index (χ3n) is 7.66. The number of ether oxygens (including phenoxy) is 2. The summed E-state index contributed by atoms with van der Waals surface area (Å²) in [5.41, 5.74) is 0.783. The molecule has 1 saturated heterocycles. The Morgan fingerprint density at radius 2 is 1.74 bits per heavy atom. The molecule has 2 amide bonds. The summed E-state index contributed by atoms with van der Waals surface area (Å²) in [6.07, 6.45) is 1.49. The zero-order valence-electron chi connectivity index (χ0n) is 25.5. The number of nitrogens with zero attached hydrogens (tertiary/aromatic N) is 1. The van der Waals surface area contributed by atoms with Gasteiger partial charge < -0.3 is 24.5 Å². The van der Waals surface area contributed by atoms with E-state index in [-0.39, 0.29) is 61.6 Å². The molecule has 0 bridgehead atoms. The van der Waals surface area contributed by atoms with Gasteiger partial charge in [-0.1, -0.05) is 58.0 Å². The molecule has 42 heavy (non-hydrogen) atoms. The molecular formula is C32H46N2O8. The SMILES string of the molecule is COC(=O)[C@@H](CC(=O)[C@@H]1CCCN1C(=O)[C@@H](CC(=O)[C@H](CCC=O)NC(=O)OCc1ccccc1)C(C)C)CC(C)C. The summed E-state index contributed by atoms with van der Waals surface area (Å²) in [7, 11) is 1.30. The maximum absolute atomic E-state index is 13.8. The number of rotatable bonds is 17. The van der Waals surface area contributed by atoms with E-state index in [1.807, 2.05) is 45.9 Å². The van der Waals surface area contributed by atoms with Gasteiger partial charge in [-0.05, 0) is 43.1 Å². The average molecular weight is 587 g/mol. The van der Waals surface area contributed by atoms with Crippen molar-refractivity contribution < 1.29 is 38.2 Å². The van der Waals surface area contributed by atoms with Crippen LogP contribution in [0.3, 0.4) is 0 Å². The van der Waals surface area contributed by atoms with Crippen LogP contribution in [0.25, 0.3) is 0 Å². The van der Waals surface area contributed by atoms with E-state index in [4.69, 9.17) is 9.47 Å². The van der Waals surface area contributed by atoms with Crippen LogP contribution in [-0.4, -0.2) is 66.5 Å². The maximum atomic E-state index is 13.8. The minimum atomic E-state index is -1.000. The molecule has 10 nitrogen and oxygen atoms in total. The lowest BCUT2D eigenvalue weighted by molar-refractivity contribution is -0.149. The number of esters is 1. The van der Waals surface area contributed by atoms with E-state index in [0.717, 1.165) is 5.56 Å². The highest BCUT2D eigenvalue weighted by atomic mass is 16.5. The van der Waals surface area contributed by atoms with Crippen LogP contribution < -0.4 is 5.32 Å². The van der Waals surface area contributed by atoms with Crippen LogP contribution in [0.2, 0.25) is 0 Å². The number of amides is 2. The van der Waals surface area contributed by atoms with Crippen LogP contribution in [0.4, 0.5) is 4.79 Å². The van der Waals surface area contributed by atoms with Crippen molar-refractivity contribution in [2.75, 3.05) is 13.7 Å². The molecule has 1 fully saturated rings. The molecule has 0 aliphatic carbocycles. The molecule has 1 aromatic rings. The zero-order chi connectivity index (χ0) is 31.2. The summed E-state index contributed by atoms with van der Waals surface area (Å²) in [6.45, 7) is 8.01. The first-order valence-corrected chi connectivity index (χ1v) is 14.8. The standard InChI is InChI=1S/C32H46N2O8/c1-21(2)17-24(31(39)41-5)18-29(37)27-14-9-15-34(27)30(38)25(22(3)4)19-28(36)26(13-10-16-35)33-32(40)42-20-23-11-7-6-8-12-23/h6-8,11-12,16,21-22,24-27H,9-10,13-15,17-20H2,1-5H3,(H,33,40)/t24-,25+,26+,27+/m1/s1. The molecule has 0 radical (unpaired) electrons. The number of nitrogens with one attached hydrogen (secondary N) is 1. The smallest absolute Gasteiger partial charge is 0.408 e. The van der Waals surface area contributed by atoms with E-state index in [1.165, 1.54) is 7.11 Å². The van der Waals surface area contributed by atoms with Crippen LogP contribution in [0.1, 0.15) is 78.2 Å². The summed E-state index contributed by atoms with van der Waals surface area (Å²) in [5, 5.41) is 2.56. The number of ketones is 2. The molecule has 2 rings (SSSR count). The fraction of sp³-hybridized carbons (Fsp3) is 0.625. The van der Waals surface area contributed by atoms with E-state index in [2.05, 4.69) is 5.32 Å². The number of hydrogen-bond donors (Lipinski definition) is 1. The third-order valence-corrected chi connectivity index (χ3v) is 7.66. The first-order chi connectivity index (χ1) is 20.0. The van der Waals surface area contributed by atoms with Crippen molar-refractivity contribution in [3.8, 4) is 0 Å². The Labute approximate surface area is 248 Å². The van der Waals surface area contributed by atoms with Crippen LogP contribution in [0.15, 0.2) is 30.3 Å². The summed E-state index contributed by atoms with van der Waals surface area (Å²) >= 11 is 0. The number of methoxy groups -OCH3 is 1. The largest absolute Gasteiger partial charge is 0.469 e. The van der Waals surface area contributed by atoms with Crippen LogP contribution >= 0.6 is 0 Å². The molecule has 0 unspecified atom stereocenters. The summed E-state index contributed by atoms with van der Waals surface area (Å²) in [5.74, 6) is -2.63. The van der Waals surface area contributed by atoms with Gasteiger partial charge in [-0.15, -0.1) is 0 Å². The van der Waals surface area contributed by atoms with Gasteiger partial charge in [0.15, 0.2) is 11.6 Å². The number of carbonyl (C=O) groups excluding carboxylic acids is 6. The molecule has 0 aromatic heterocycles. The Morgan fingerprint density at radius 3 is 2.33 bits per heavy atom. The number of benzene rings is 1. The molecule has 0 saturated carbocycles. The minimum absolute atomic E-state index is 0.00659. The second-order valence-electron chi connectivity index (χ2n) is 11.7. The third kappa shape index (κ3) is 10.7. The second kappa shape index (κ2) is 17.4. The number of alkyl carbamates (subject to hydrolysis) is 1. The second-order valence-corrected chi connectivity index (χ2v) is 11.7. The van der Waals surface area contributed by atoms with Crippen LogP contribution in [0, 0.1) is 23.7 Å². The van der Waals surface area contributed by atoms with Gasteiger partial charge >= 0.3 is 12.1 Å². The molecule has 10 heteroatoms. The number of likely N-dealkylation sites (tertiary alicyclic amines) is 1. The molecule has 1 aliphatic heterocycles.